The largest absolute Gasteiger partial charge is 0.509 e. The van der Waals surface area contributed by atoms with Crippen LogP contribution in [0.1, 0.15) is 53.1 Å². The summed E-state index contributed by atoms with van der Waals surface area (Å²) in [5, 5.41) is 9.53. The summed E-state index contributed by atoms with van der Waals surface area (Å²) in [6.45, 7) is 13.6. The van der Waals surface area contributed by atoms with Gasteiger partial charge >= 0.3 is 12.2 Å². The molecule has 0 spiro atoms. The maximum Gasteiger partial charge on any atom is 0.509 e. The summed E-state index contributed by atoms with van der Waals surface area (Å²) < 4.78 is 11.3. The van der Waals surface area contributed by atoms with Gasteiger partial charge in [-0.05, 0) is 31.7 Å². The van der Waals surface area contributed by atoms with Gasteiger partial charge in [0.15, 0.2) is 5.60 Å². The Morgan fingerprint density at radius 3 is 2.23 bits per heavy atom. The zero-order valence-corrected chi connectivity index (χ0v) is 18.8. The van der Waals surface area contributed by atoms with E-state index in [1.165, 1.54) is 10.5 Å². The molecule has 1 aromatic rings. The smallest absolute Gasteiger partial charge is 0.465 e. The average Bonchev–Trinajstić information content (AvgIpc) is 3.06. The zero-order valence-electron chi connectivity index (χ0n) is 18.8. The molecule has 2 aliphatic rings. The first kappa shape index (κ1) is 22.4. The van der Waals surface area contributed by atoms with Gasteiger partial charge in [0.05, 0.1) is 6.54 Å². The SMILES string of the molecule is CC(C)(C)OC(=O)OC12CN(C(=O)O)CC1CN(C(c1ccccc1)C(C)(C)C)C2. The number of carboxylic acid groups (broad SMARTS) is 1. The number of rotatable bonds is 3. The lowest BCUT2D eigenvalue weighted by Gasteiger charge is -2.40. The fourth-order valence-corrected chi connectivity index (χ4v) is 4.86. The number of hydrogen-bond donors (Lipinski definition) is 1. The van der Waals surface area contributed by atoms with Crippen molar-refractivity contribution in [2.45, 2.75) is 58.8 Å². The van der Waals surface area contributed by atoms with Crippen molar-refractivity contribution in [2.24, 2.45) is 11.3 Å². The van der Waals surface area contributed by atoms with Crippen LogP contribution in [0, 0.1) is 11.3 Å². The van der Waals surface area contributed by atoms with E-state index in [2.05, 4.69) is 37.8 Å². The normalized spacial score (nSPS) is 25.7. The summed E-state index contributed by atoms with van der Waals surface area (Å²) in [5.41, 5.74) is -0.434. The van der Waals surface area contributed by atoms with E-state index in [-0.39, 0.29) is 23.9 Å². The molecule has 0 radical (unpaired) electrons. The van der Waals surface area contributed by atoms with E-state index >= 15 is 0 Å². The Hall–Kier alpha value is -2.28. The summed E-state index contributed by atoms with van der Waals surface area (Å²) >= 11 is 0. The Kier molecular flexibility index (Phi) is 5.80. The van der Waals surface area contributed by atoms with Crippen molar-refractivity contribution in [2.75, 3.05) is 26.2 Å². The second-order valence-electron chi connectivity index (χ2n) is 10.6. The van der Waals surface area contributed by atoms with Gasteiger partial charge in [-0.3, -0.25) is 4.90 Å². The number of carbonyl (C=O) groups is 2. The number of amides is 1. The van der Waals surface area contributed by atoms with Crippen molar-refractivity contribution in [3.8, 4) is 0 Å². The number of hydrogen-bond acceptors (Lipinski definition) is 5. The first-order chi connectivity index (χ1) is 13.8. The van der Waals surface area contributed by atoms with Gasteiger partial charge in [0.1, 0.15) is 5.60 Å². The van der Waals surface area contributed by atoms with Crippen molar-refractivity contribution >= 4 is 12.2 Å². The predicted molar refractivity (Wildman–Crippen MR) is 113 cm³/mol. The van der Waals surface area contributed by atoms with E-state index in [0.29, 0.717) is 19.6 Å². The van der Waals surface area contributed by atoms with Crippen LogP contribution in [-0.2, 0) is 9.47 Å². The maximum atomic E-state index is 12.5. The number of ether oxygens (including phenoxy) is 2. The molecule has 2 aliphatic heterocycles. The quantitative estimate of drug-likeness (QED) is 0.734. The van der Waals surface area contributed by atoms with Crippen LogP contribution in [-0.4, -0.2) is 64.5 Å². The Morgan fingerprint density at radius 1 is 1.07 bits per heavy atom. The first-order valence-corrected chi connectivity index (χ1v) is 10.5. The van der Waals surface area contributed by atoms with E-state index in [1.54, 1.807) is 20.8 Å². The highest BCUT2D eigenvalue weighted by Crippen LogP contribution is 2.46. The summed E-state index contributed by atoms with van der Waals surface area (Å²) in [6, 6.07) is 10.4. The zero-order chi connectivity index (χ0) is 22.3. The molecule has 1 N–H and O–H groups in total. The van der Waals surface area contributed by atoms with E-state index in [9.17, 15) is 14.7 Å². The van der Waals surface area contributed by atoms with E-state index in [4.69, 9.17) is 9.47 Å². The van der Waals surface area contributed by atoms with E-state index in [1.807, 2.05) is 18.2 Å². The van der Waals surface area contributed by atoms with Crippen LogP contribution in [0.4, 0.5) is 9.59 Å². The summed E-state index contributed by atoms with van der Waals surface area (Å²) in [5.74, 6) is -0.102. The average molecular weight is 419 g/mol. The lowest BCUT2D eigenvalue weighted by molar-refractivity contribution is -0.0688. The van der Waals surface area contributed by atoms with Gasteiger partial charge < -0.3 is 19.5 Å². The molecule has 2 heterocycles. The lowest BCUT2D eigenvalue weighted by atomic mass is 9.81. The van der Waals surface area contributed by atoms with Gasteiger partial charge in [-0.25, -0.2) is 9.59 Å². The topological polar surface area (TPSA) is 79.3 Å². The summed E-state index contributed by atoms with van der Waals surface area (Å²) in [7, 11) is 0. The molecule has 0 aromatic heterocycles. The molecule has 3 unspecified atom stereocenters. The molecule has 166 valence electrons. The predicted octanol–water partition coefficient (Wildman–Crippen LogP) is 4.39. The molecule has 0 saturated carbocycles. The van der Waals surface area contributed by atoms with Crippen molar-refractivity contribution in [3.63, 3.8) is 0 Å². The first-order valence-electron chi connectivity index (χ1n) is 10.5. The summed E-state index contributed by atoms with van der Waals surface area (Å²) in [4.78, 5) is 27.9. The minimum Gasteiger partial charge on any atom is -0.465 e. The van der Waals surface area contributed by atoms with Crippen LogP contribution < -0.4 is 0 Å². The molecular formula is C23H34N2O5. The Labute approximate surface area is 178 Å². The lowest BCUT2D eigenvalue weighted by Crippen LogP contribution is -2.47. The van der Waals surface area contributed by atoms with Gasteiger partial charge in [-0.2, -0.15) is 0 Å². The van der Waals surface area contributed by atoms with Crippen molar-refractivity contribution < 1.29 is 24.2 Å². The third-order valence-corrected chi connectivity index (χ3v) is 5.82. The van der Waals surface area contributed by atoms with Crippen LogP contribution in [0.5, 0.6) is 0 Å². The van der Waals surface area contributed by atoms with Crippen molar-refractivity contribution in [3.05, 3.63) is 35.9 Å². The monoisotopic (exact) mass is 418 g/mol. The molecule has 3 rings (SSSR count). The molecule has 3 atom stereocenters. The maximum absolute atomic E-state index is 12.5. The number of benzene rings is 1. The highest BCUT2D eigenvalue weighted by Gasteiger charge is 2.59. The third kappa shape index (κ3) is 4.72. The second kappa shape index (κ2) is 7.76. The van der Waals surface area contributed by atoms with Crippen molar-refractivity contribution in [1.29, 1.82) is 0 Å². The molecule has 1 amide bonds. The molecule has 0 bridgehead atoms. The van der Waals surface area contributed by atoms with E-state index in [0.717, 1.165) is 0 Å². The number of likely N-dealkylation sites (tertiary alicyclic amines) is 2. The third-order valence-electron chi connectivity index (χ3n) is 5.82. The minimum atomic E-state index is -0.987. The molecule has 0 aliphatic carbocycles. The Balaban J connectivity index is 1.89. The van der Waals surface area contributed by atoms with E-state index < -0.39 is 23.5 Å². The molecule has 30 heavy (non-hydrogen) atoms. The second-order valence-corrected chi connectivity index (χ2v) is 10.6. The molecular weight excluding hydrogens is 384 g/mol. The number of carbonyl (C=O) groups excluding carboxylic acids is 1. The molecule has 7 heteroatoms. The highest BCUT2D eigenvalue weighted by molar-refractivity contribution is 5.66. The minimum absolute atomic E-state index is 0.0560. The van der Waals surface area contributed by atoms with Gasteiger partial charge in [-0.1, -0.05) is 51.1 Å². The van der Waals surface area contributed by atoms with Crippen LogP contribution in [0.2, 0.25) is 0 Å². The standard InChI is InChI=1S/C23H34N2O5/c1-21(2,3)18(16-10-8-7-9-11-16)24-12-17-13-25(19(26)27)15-23(17,14-24)30-20(28)29-22(4,5)6/h7-11,17-18H,12-15H2,1-6H3,(H,26,27). The molecule has 2 saturated heterocycles. The fraction of sp³-hybridized carbons (Fsp3) is 0.652. The molecule has 1 aromatic carbocycles. The van der Waals surface area contributed by atoms with Gasteiger partial charge in [0.2, 0.25) is 0 Å². The van der Waals surface area contributed by atoms with Gasteiger partial charge in [0, 0.05) is 31.6 Å². The summed E-state index contributed by atoms with van der Waals surface area (Å²) in [6.07, 6.45) is -1.73. The molecule has 2 fully saturated rings. The fourth-order valence-electron chi connectivity index (χ4n) is 4.86. The Bertz CT molecular complexity index is 783. The molecule has 7 nitrogen and oxygen atoms in total. The van der Waals surface area contributed by atoms with Crippen LogP contribution >= 0.6 is 0 Å². The van der Waals surface area contributed by atoms with Gasteiger partial charge in [-0.15, -0.1) is 0 Å². The Morgan fingerprint density at radius 2 is 1.70 bits per heavy atom. The van der Waals surface area contributed by atoms with Crippen molar-refractivity contribution in [1.82, 2.24) is 9.80 Å². The number of fused-ring (bicyclic) bond motifs is 1. The van der Waals surface area contributed by atoms with Crippen LogP contribution in [0.15, 0.2) is 30.3 Å². The number of nitrogens with zero attached hydrogens (tertiary/aromatic N) is 2. The van der Waals surface area contributed by atoms with Gasteiger partial charge in [0.25, 0.3) is 0 Å². The van der Waals surface area contributed by atoms with Crippen LogP contribution in [0.25, 0.3) is 0 Å². The highest BCUT2D eigenvalue weighted by atomic mass is 16.7. The van der Waals surface area contributed by atoms with Crippen LogP contribution in [0.3, 0.4) is 0 Å².